The number of hydrogen-bond acceptors (Lipinski definition) is 7. The smallest absolute Gasteiger partial charge is 0.307 e. The molecule has 3 aromatic rings. The molecule has 0 amide bonds. The zero-order valence-electron chi connectivity index (χ0n) is 21.5. The number of likely N-dealkylation sites (tertiary alicyclic amines) is 1. The first kappa shape index (κ1) is 25.2. The van der Waals surface area contributed by atoms with Gasteiger partial charge in [-0.2, -0.15) is 0 Å². The van der Waals surface area contributed by atoms with Gasteiger partial charge in [0.25, 0.3) is 0 Å². The number of unbranched alkanes of at least 4 members (excludes halogenated alkanes) is 1. The molecule has 1 saturated carbocycles. The summed E-state index contributed by atoms with van der Waals surface area (Å²) < 4.78 is 12.7. The normalized spacial score (nSPS) is 21.2. The van der Waals surface area contributed by atoms with Crippen LogP contribution in [0.15, 0.2) is 47.2 Å². The molecule has 4 atom stereocenters. The lowest BCUT2D eigenvalue weighted by atomic mass is 10.1. The first-order valence-electron chi connectivity index (χ1n) is 13.2. The zero-order valence-corrected chi connectivity index (χ0v) is 21.5. The zero-order chi connectivity index (χ0) is 25.8. The topological polar surface area (TPSA) is 93.6 Å². The van der Waals surface area contributed by atoms with Gasteiger partial charge in [-0.15, -0.1) is 0 Å². The standard InChI is InChI=1S/C29H34N4O4/c1-3-4-15-36-28(35)11-13-32-18-25-24(26(25)19-32)10-7-21-5-8-22(9-6-21)27-16-23(31-37-27)17-33-14-12-30-29(33)20(2)34/h5-6,8-9,12,14,16,20,24-26,34H,3-4,11,13,15,17-19H2,1-2H3/t20-,24-,25-,26+/m0/s1. The Hall–Kier alpha value is -3.41. The summed E-state index contributed by atoms with van der Waals surface area (Å²) in [5.74, 6) is 9.72. The van der Waals surface area contributed by atoms with E-state index in [0.717, 1.165) is 49.3 Å². The molecule has 3 heterocycles. The average Bonchev–Trinajstić information content (AvgIpc) is 3.38. The molecule has 1 N–H and O–H groups in total. The van der Waals surface area contributed by atoms with Crippen LogP contribution in [-0.4, -0.2) is 56.9 Å². The minimum absolute atomic E-state index is 0.0842. The molecule has 0 unspecified atom stereocenters. The number of nitrogens with zero attached hydrogens (tertiary/aromatic N) is 4. The molecule has 1 aliphatic carbocycles. The molecule has 1 aliphatic heterocycles. The van der Waals surface area contributed by atoms with E-state index in [9.17, 15) is 9.90 Å². The molecule has 2 fully saturated rings. The molecular weight excluding hydrogens is 468 g/mol. The van der Waals surface area contributed by atoms with Gasteiger partial charge >= 0.3 is 5.97 Å². The maximum Gasteiger partial charge on any atom is 0.307 e. The third-order valence-electron chi connectivity index (χ3n) is 7.23. The number of esters is 1. The predicted octanol–water partition coefficient (Wildman–Crippen LogP) is 3.90. The first-order chi connectivity index (χ1) is 18.0. The Labute approximate surface area is 217 Å². The van der Waals surface area contributed by atoms with E-state index in [1.807, 2.05) is 41.1 Å². The van der Waals surface area contributed by atoms with Crippen LogP contribution < -0.4 is 0 Å². The molecule has 5 rings (SSSR count). The number of aliphatic hydroxyl groups excluding tert-OH is 1. The van der Waals surface area contributed by atoms with E-state index < -0.39 is 6.10 Å². The summed E-state index contributed by atoms with van der Waals surface area (Å²) in [6.07, 6.45) is 5.30. The lowest BCUT2D eigenvalue weighted by Crippen LogP contribution is -2.27. The average molecular weight is 503 g/mol. The van der Waals surface area contributed by atoms with Crippen LogP contribution in [-0.2, 0) is 16.1 Å². The summed E-state index contributed by atoms with van der Waals surface area (Å²) in [6.45, 7) is 7.64. The molecule has 1 saturated heterocycles. The van der Waals surface area contributed by atoms with Gasteiger partial charge in [-0.3, -0.25) is 4.79 Å². The monoisotopic (exact) mass is 502 g/mol. The van der Waals surface area contributed by atoms with Gasteiger partial charge in [0, 0.05) is 55.1 Å². The van der Waals surface area contributed by atoms with E-state index in [-0.39, 0.29) is 5.97 Å². The van der Waals surface area contributed by atoms with Crippen LogP contribution in [0.5, 0.6) is 0 Å². The minimum Gasteiger partial charge on any atom is -0.466 e. The number of rotatable bonds is 10. The lowest BCUT2D eigenvalue weighted by Gasteiger charge is -2.17. The van der Waals surface area contributed by atoms with E-state index in [1.165, 1.54) is 0 Å². The van der Waals surface area contributed by atoms with Crippen LogP contribution >= 0.6 is 0 Å². The summed E-state index contributed by atoms with van der Waals surface area (Å²) in [6, 6.07) is 9.94. The lowest BCUT2D eigenvalue weighted by molar-refractivity contribution is -0.144. The van der Waals surface area contributed by atoms with Crippen molar-refractivity contribution in [3.05, 3.63) is 59.8 Å². The van der Waals surface area contributed by atoms with Gasteiger partial charge in [-0.05, 0) is 49.4 Å². The molecule has 8 heteroatoms. The summed E-state index contributed by atoms with van der Waals surface area (Å²) in [4.78, 5) is 18.4. The van der Waals surface area contributed by atoms with Crippen molar-refractivity contribution in [1.82, 2.24) is 19.6 Å². The van der Waals surface area contributed by atoms with Crippen molar-refractivity contribution in [3.63, 3.8) is 0 Å². The molecule has 2 aliphatic rings. The fourth-order valence-electron chi connectivity index (χ4n) is 5.07. The fraction of sp³-hybridized carbons (Fsp3) is 0.483. The van der Waals surface area contributed by atoms with Gasteiger partial charge < -0.3 is 23.8 Å². The number of benzene rings is 1. The number of aliphatic hydroxyl groups is 1. The SMILES string of the molecule is CCCCOC(=O)CCN1C[C@@H]2[C@@H](C#Cc3ccc(-c4cc(Cn5ccnc5[C@H](C)O)no4)cc3)[C@@H]2C1. The highest BCUT2D eigenvalue weighted by molar-refractivity contribution is 5.69. The first-order valence-corrected chi connectivity index (χ1v) is 13.2. The second kappa shape index (κ2) is 11.3. The highest BCUT2D eigenvalue weighted by atomic mass is 16.5. The van der Waals surface area contributed by atoms with E-state index in [1.54, 1.807) is 13.1 Å². The molecule has 8 nitrogen and oxygen atoms in total. The summed E-state index contributed by atoms with van der Waals surface area (Å²) >= 11 is 0. The van der Waals surface area contributed by atoms with Gasteiger partial charge in [0.2, 0.25) is 0 Å². The highest BCUT2D eigenvalue weighted by Crippen LogP contribution is 2.51. The van der Waals surface area contributed by atoms with Crippen molar-refractivity contribution in [1.29, 1.82) is 0 Å². The van der Waals surface area contributed by atoms with Crippen molar-refractivity contribution in [2.45, 2.75) is 45.8 Å². The quantitative estimate of drug-likeness (QED) is 0.255. The van der Waals surface area contributed by atoms with Crippen molar-refractivity contribution in [2.24, 2.45) is 17.8 Å². The van der Waals surface area contributed by atoms with E-state index in [0.29, 0.717) is 48.9 Å². The highest BCUT2D eigenvalue weighted by Gasteiger charge is 2.54. The Morgan fingerprint density at radius 3 is 2.78 bits per heavy atom. The van der Waals surface area contributed by atoms with Crippen molar-refractivity contribution in [2.75, 3.05) is 26.2 Å². The Kier molecular flexibility index (Phi) is 7.73. The van der Waals surface area contributed by atoms with Gasteiger partial charge in [-0.1, -0.05) is 30.3 Å². The number of piperidine rings is 1. The fourth-order valence-corrected chi connectivity index (χ4v) is 5.07. The van der Waals surface area contributed by atoms with Gasteiger partial charge in [-0.25, -0.2) is 4.98 Å². The van der Waals surface area contributed by atoms with Crippen LogP contribution in [0.1, 0.15) is 56.3 Å². The molecule has 0 bridgehead atoms. The molecule has 2 aromatic heterocycles. The molecular formula is C29H34N4O4. The number of imidazole rings is 1. The number of ether oxygens (including phenoxy) is 1. The predicted molar refractivity (Wildman–Crippen MR) is 138 cm³/mol. The number of aromatic nitrogens is 3. The molecule has 37 heavy (non-hydrogen) atoms. The van der Waals surface area contributed by atoms with Crippen LogP contribution in [0.4, 0.5) is 0 Å². The van der Waals surface area contributed by atoms with Gasteiger partial charge in [0.05, 0.1) is 19.6 Å². The van der Waals surface area contributed by atoms with Crippen LogP contribution in [0.3, 0.4) is 0 Å². The number of hydrogen-bond donors (Lipinski definition) is 1. The Morgan fingerprint density at radius 1 is 1.27 bits per heavy atom. The Morgan fingerprint density at radius 2 is 2.05 bits per heavy atom. The van der Waals surface area contributed by atoms with E-state index >= 15 is 0 Å². The van der Waals surface area contributed by atoms with Crippen LogP contribution in [0, 0.1) is 29.6 Å². The van der Waals surface area contributed by atoms with Crippen molar-refractivity contribution < 1.29 is 19.2 Å². The summed E-state index contributed by atoms with van der Waals surface area (Å²) in [5.41, 5.74) is 2.69. The van der Waals surface area contributed by atoms with Gasteiger partial charge in [0.15, 0.2) is 5.76 Å². The third-order valence-corrected chi connectivity index (χ3v) is 7.23. The molecule has 1 aromatic carbocycles. The Bertz CT molecular complexity index is 1250. The van der Waals surface area contributed by atoms with E-state index in [4.69, 9.17) is 9.26 Å². The largest absolute Gasteiger partial charge is 0.466 e. The van der Waals surface area contributed by atoms with E-state index in [2.05, 4.69) is 33.8 Å². The number of carbonyl (C=O) groups is 1. The van der Waals surface area contributed by atoms with Gasteiger partial charge in [0.1, 0.15) is 17.6 Å². The summed E-state index contributed by atoms with van der Waals surface area (Å²) in [7, 11) is 0. The Balaban J connectivity index is 1.09. The minimum atomic E-state index is -0.643. The van der Waals surface area contributed by atoms with Crippen molar-refractivity contribution >= 4 is 5.97 Å². The van der Waals surface area contributed by atoms with Crippen LogP contribution in [0.2, 0.25) is 0 Å². The molecule has 0 spiro atoms. The second-order valence-electron chi connectivity index (χ2n) is 10.1. The van der Waals surface area contributed by atoms with Crippen LogP contribution in [0.25, 0.3) is 11.3 Å². The van der Waals surface area contributed by atoms with Crippen molar-refractivity contribution in [3.8, 4) is 23.2 Å². The maximum absolute atomic E-state index is 11.8. The maximum atomic E-state index is 11.8. The second-order valence-corrected chi connectivity index (χ2v) is 10.1. The molecule has 194 valence electrons. The molecule has 0 radical (unpaired) electrons. The third kappa shape index (κ3) is 6.12. The number of carbonyl (C=O) groups excluding carboxylic acids is 1. The summed E-state index contributed by atoms with van der Waals surface area (Å²) in [5, 5.41) is 14.0. The number of fused-ring (bicyclic) bond motifs is 1.